The summed E-state index contributed by atoms with van der Waals surface area (Å²) in [6.45, 7) is 3.61. The summed E-state index contributed by atoms with van der Waals surface area (Å²) in [4.78, 5) is 11.1. The maximum absolute atomic E-state index is 11.1. The lowest BCUT2D eigenvalue weighted by molar-refractivity contribution is -0.142. The molecule has 0 fully saturated rings. The molecule has 0 amide bonds. The SMILES string of the molecule is COC(=O)C(N)Cc1c(C)noc1C. The summed E-state index contributed by atoms with van der Waals surface area (Å²) in [5.74, 6) is 0.270. The summed E-state index contributed by atoms with van der Waals surface area (Å²) in [5.41, 5.74) is 7.26. The molecule has 78 valence electrons. The lowest BCUT2D eigenvalue weighted by Gasteiger charge is -2.07. The van der Waals surface area contributed by atoms with E-state index in [4.69, 9.17) is 10.3 Å². The smallest absolute Gasteiger partial charge is 0.322 e. The van der Waals surface area contributed by atoms with Gasteiger partial charge in [0.25, 0.3) is 0 Å². The van der Waals surface area contributed by atoms with Crippen molar-refractivity contribution < 1.29 is 14.1 Å². The van der Waals surface area contributed by atoms with Gasteiger partial charge in [-0.05, 0) is 13.8 Å². The molecule has 0 spiro atoms. The summed E-state index contributed by atoms with van der Waals surface area (Å²) >= 11 is 0. The molecular formula is C9H14N2O3. The van der Waals surface area contributed by atoms with E-state index in [1.54, 1.807) is 6.92 Å². The molecule has 5 nitrogen and oxygen atoms in total. The van der Waals surface area contributed by atoms with Crippen LogP contribution in [0.25, 0.3) is 0 Å². The third-order valence-electron chi connectivity index (χ3n) is 2.11. The number of hydrogen-bond donors (Lipinski definition) is 1. The largest absolute Gasteiger partial charge is 0.468 e. The van der Waals surface area contributed by atoms with Crippen LogP contribution in [0.2, 0.25) is 0 Å². The van der Waals surface area contributed by atoms with E-state index in [-0.39, 0.29) is 0 Å². The van der Waals surface area contributed by atoms with Crippen LogP contribution in [0.3, 0.4) is 0 Å². The highest BCUT2D eigenvalue weighted by atomic mass is 16.5. The molecular weight excluding hydrogens is 184 g/mol. The zero-order valence-electron chi connectivity index (χ0n) is 8.53. The highest BCUT2D eigenvalue weighted by Gasteiger charge is 2.19. The van der Waals surface area contributed by atoms with Crippen molar-refractivity contribution >= 4 is 5.97 Å². The highest BCUT2D eigenvalue weighted by Crippen LogP contribution is 2.14. The molecule has 0 bridgehead atoms. The van der Waals surface area contributed by atoms with Crippen LogP contribution in [0.5, 0.6) is 0 Å². The number of hydrogen-bond acceptors (Lipinski definition) is 5. The monoisotopic (exact) mass is 198 g/mol. The van der Waals surface area contributed by atoms with Crippen molar-refractivity contribution in [3.05, 3.63) is 17.0 Å². The molecule has 1 unspecified atom stereocenters. The van der Waals surface area contributed by atoms with Crippen LogP contribution in [0.4, 0.5) is 0 Å². The van der Waals surface area contributed by atoms with Gasteiger partial charge in [-0.3, -0.25) is 4.79 Å². The first-order valence-corrected chi connectivity index (χ1v) is 4.31. The first-order valence-electron chi connectivity index (χ1n) is 4.31. The van der Waals surface area contributed by atoms with Crippen molar-refractivity contribution in [2.75, 3.05) is 7.11 Å². The van der Waals surface area contributed by atoms with E-state index < -0.39 is 12.0 Å². The minimum absolute atomic E-state index is 0.397. The number of methoxy groups -OCH3 is 1. The molecule has 0 radical (unpaired) electrons. The quantitative estimate of drug-likeness (QED) is 0.708. The van der Waals surface area contributed by atoms with Crippen molar-refractivity contribution in [3.63, 3.8) is 0 Å². The fourth-order valence-electron chi connectivity index (χ4n) is 1.25. The van der Waals surface area contributed by atoms with Gasteiger partial charge in [0.1, 0.15) is 11.8 Å². The molecule has 0 aliphatic rings. The van der Waals surface area contributed by atoms with E-state index in [9.17, 15) is 4.79 Å². The van der Waals surface area contributed by atoms with Crippen molar-refractivity contribution in [2.24, 2.45) is 5.73 Å². The molecule has 5 heteroatoms. The average molecular weight is 198 g/mol. The number of nitrogens with zero attached hydrogens (tertiary/aromatic N) is 1. The van der Waals surface area contributed by atoms with Crippen LogP contribution in [-0.2, 0) is 16.0 Å². The second-order valence-corrected chi connectivity index (χ2v) is 3.14. The third-order valence-corrected chi connectivity index (χ3v) is 2.11. The Morgan fingerprint density at radius 2 is 2.29 bits per heavy atom. The molecule has 0 aliphatic carbocycles. The van der Waals surface area contributed by atoms with Gasteiger partial charge in [0.2, 0.25) is 0 Å². The van der Waals surface area contributed by atoms with Gasteiger partial charge in [-0.2, -0.15) is 0 Å². The number of esters is 1. The highest BCUT2D eigenvalue weighted by molar-refractivity contribution is 5.75. The van der Waals surface area contributed by atoms with E-state index in [0.29, 0.717) is 12.2 Å². The third kappa shape index (κ3) is 2.11. The van der Waals surface area contributed by atoms with E-state index in [1.165, 1.54) is 7.11 Å². The number of nitrogens with two attached hydrogens (primary N) is 1. The average Bonchev–Trinajstić information content (AvgIpc) is 2.48. The Morgan fingerprint density at radius 3 is 2.71 bits per heavy atom. The van der Waals surface area contributed by atoms with Crippen LogP contribution < -0.4 is 5.73 Å². The predicted molar refractivity (Wildman–Crippen MR) is 49.7 cm³/mol. The maximum Gasteiger partial charge on any atom is 0.322 e. The number of rotatable bonds is 3. The van der Waals surface area contributed by atoms with Crippen LogP contribution >= 0.6 is 0 Å². The summed E-state index contributed by atoms with van der Waals surface area (Å²) in [5, 5.41) is 3.77. The Kier molecular flexibility index (Phi) is 3.24. The molecule has 0 saturated heterocycles. The first kappa shape index (κ1) is 10.7. The normalized spacial score (nSPS) is 12.6. The number of aryl methyl sites for hydroxylation is 2. The van der Waals surface area contributed by atoms with Crippen molar-refractivity contribution in [1.29, 1.82) is 0 Å². The molecule has 0 aliphatic heterocycles. The number of aromatic nitrogens is 1. The number of carbonyl (C=O) groups excluding carboxylic acids is 1. The van der Waals surface area contributed by atoms with E-state index in [0.717, 1.165) is 11.3 Å². The zero-order chi connectivity index (χ0) is 10.7. The lowest BCUT2D eigenvalue weighted by Crippen LogP contribution is -2.33. The topological polar surface area (TPSA) is 78.4 Å². The molecule has 1 atom stereocenters. The molecule has 0 aromatic carbocycles. The molecule has 0 saturated carbocycles. The molecule has 1 heterocycles. The maximum atomic E-state index is 11.1. The summed E-state index contributed by atoms with van der Waals surface area (Å²) in [6.07, 6.45) is 0.397. The minimum Gasteiger partial charge on any atom is -0.468 e. The molecule has 2 N–H and O–H groups in total. The van der Waals surface area contributed by atoms with Crippen LogP contribution in [-0.4, -0.2) is 24.3 Å². The summed E-state index contributed by atoms with van der Waals surface area (Å²) in [7, 11) is 1.32. The lowest BCUT2D eigenvalue weighted by atomic mass is 10.1. The second kappa shape index (κ2) is 4.23. The first-order chi connectivity index (χ1) is 6.56. The number of ether oxygens (including phenoxy) is 1. The van der Waals surface area contributed by atoms with E-state index in [1.807, 2.05) is 6.92 Å². The fourth-order valence-corrected chi connectivity index (χ4v) is 1.25. The van der Waals surface area contributed by atoms with Gasteiger partial charge in [0.15, 0.2) is 0 Å². The zero-order valence-corrected chi connectivity index (χ0v) is 8.53. The minimum atomic E-state index is -0.656. The Morgan fingerprint density at radius 1 is 1.64 bits per heavy atom. The fraction of sp³-hybridized carbons (Fsp3) is 0.556. The summed E-state index contributed by atoms with van der Waals surface area (Å²) in [6, 6.07) is -0.656. The van der Waals surface area contributed by atoms with Gasteiger partial charge in [0.05, 0.1) is 12.8 Å². The van der Waals surface area contributed by atoms with E-state index in [2.05, 4.69) is 9.89 Å². The Balaban J connectivity index is 2.73. The Labute approximate surface area is 82.2 Å². The standard InChI is InChI=1S/C9H14N2O3/c1-5-7(6(2)14-11-5)4-8(10)9(12)13-3/h8H,4,10H2,1-3H3. The summed E-state index contributed by atoms with van der Waals surface area (Å²) < 4.78 is 9.48. The van der Waals surface area contributed by atoms with Crippen LogP contribution in [0, 0.1) is 13.8 Å². The van der Waals surface area contributed by atoms with Crippen LogP contribution in [0.15, 0.2) is 4.52 Å². The molecule has 1 aromatic heterocycles. The molecule has 1 aromatic rings. The van der Waals surface area contributed by atoms with Gasteiger partial charge >= 0.3 is 5.97 Å². The van der Waals surface area contributed by atoms with Crippen LogP contribution in [0.1, 0.15) is 17.0 Å². The van der Waals surface area contributed by atoms with E-state index >= 15 is 0 Å². The Bertz CT molecular complexity index is 313. The van der Waals surface area contributed by atoms with Gasteiger partial charge in [0, 0.05) is 12.0 Å². The Hall–Kier alpha value is -1.36. The van der Waals surface area contributed by atoms with Crippen molar-refractivity contribution in [2.45, 2.75) is 26.3 Å². The molecule has 1 rings (SSSR count). The molecule has 14 heavy (non-hydrogen) atoms. The van der Waals surface area contributed by atoms with Crippen molar-refractivity contribution in [1.82, 2.24) is 5.16 Å². The van der Waals surface area contributed by atoms with Gasteiger partial charge in [-0.1, -0.05) is 5.16 Å². The van der Waals surface area contributed by atoms with Gasteiger partial charge in [-0.25, -0.2) is 0 Å². The predicted octanol–water partition coefficient (Wildman–Crippen LogP) is 0.334. The number of carbonyl (C=O) groups is 1. The second-order valence-electron chi connectivity index (χ2n) is 3.14. The van der Waals surface area contributed by atoms with Gasteiger partial charge in [-0.15, -0.1) is 0 Å². The van der Waals surface area contributed by atoms with Crippen molar-refractivity contribution in [3.8, 4) is 0 Å². The van der Waals surface area contributed by atoms with Gasteiger partial charge < -0.3 is 15.0 Å².